The maximum atomic E-state index is 12.0. The Balaban J connectivity index is 2.02. The lowest BCUT2D eigenvalue weighted by molar-refractivity contribution is -0.146. The Bertz CT molecular complexity index is 880. The molecule has 0 unspecified atom stereocenters. The number of nitrogens with one attached hydrogen (secondary N) is 2. The number of hydrogen-bond donors (Lipinski definition) is 2. The summed E-state index contributed by atoms with van der Waals surface area (Å²) in [5.41, 5.74) is 0.409. The smallest absolute Gasteiger partial charge is 0.331 e. The van der Waals surface area contributed by atoms with Crippen molar-refractivity contribution in [2.24, 2.45) is 0 Å². The van der Waals surface area contributed by atoms with E-state index in [1.54, 1.807) is 6.07 Å². The molecule has 0 atom stereocenters. The van der Waals surface area contributed by atoms with Crippen LogP contribution in [-0.2, 0) is 24.3 Å². The van der Waals surface area contributed by atoms with E-state index in [-0.39, 0.29) is 17.2 Å². The normalized spacial score (nSPS) is 14.3. The van der Waals surface area contributed by atoms with Gasteiger partial charge in [0.2, 0.25) is 10.0 Å². The average Bonchev–Trinajstić information content (AvgIpc) is 3.10. The lowest BCUT2D eigenvalue weighted by atomic mass is 10.2. The van der Waals surface area contributed by atoms with Crippen molar-refractivity contribution >= 4 is 34.0 Å². The van der Waals surface area contributed by atoms with Crippen LogP contribution in [0.25, 0.3) is 6.08 Å². The molecular weight excluding hydrogens is 378 g/mol. The minimum Gasteiger partial charge on any atom is -0.495 e. The van der Waals surface area contributed by atoms with E-state index >= 15 is 0 Å². The second-order valence-electron chi connectivity index (χ2n) is 5.34. The molecular formula is C16H19N3O7S. The Kier molecular flexibility index (Phi) is 6.53. The molecule has 3 amide bonds. The number of rotatable bonds is 7. The standard InChI is InChI=1S/C16H19N3O7S/c1-17-27(23,24)13-9-11(3-5-12(13)25-2)4-6-15(21)26-10-14(20)19-8-7-18-16(19)22/h3-6,9,17H,7-8,10H2,1-2H3,(H,18,22)/b6-4+. The van der Waals surface area contributed by atoms with Gasteiger partial charge in [0.05, 0.1) is 7.11 Å². The van der Waals surface area contributed by atoms with Gasteiger partial charge in [-0.15, -0.1) is 0 Å². The zero-order valence-electron chi connectivity index (χ0n) is 14.7. The number of carbonyl (C=O) groups is 3. The lowest BCUT2D eigenvalue weighted by Gasteiger charge is -2.11. The number of methoxy groups -OCH3 is 1. The molecule has 0 spiro atoms. The molecule has 1 fully saturated rings. The zero-order chi connectivity index (χ0) is 20.0. The summed E-state index contributed by atoms with van der Waals surface area (Å²) in [5, 5.41) is 2.46. The second-order valence-corrected chi connectivity index (χ2v) is 7.19. The van der Waals surface area contributed by atoms with Crippen molar-refractivity contribution in [3.63, 3.8) is 0 Å². The number of nitrogens with zero attached hydrogens (tertiary/aromatic N) is 1. The van der Waals surface area contributed by atoms with Gasteiger partial charge in [0, 0.05) is 19.2 Å². The van der Waals surface area contributed by atoms with Gasteiger partial charge >= 0.3 is 12.0 Å². The fourth-order valence-electron chi connectivity index (χ4n) is 2.25. The van der Waals surface area contributed by atoms with Crippen molar-refractivity contribution in [2.75, 3.05) is 33.9 Å². The Morgan fingerprint density at radius 1 is 1.37 bits per heavy atom. The van der Waals surface area contributed by atoms with E-state index in [0.29, 0.717) is 12.1 Å². The van der Waals surface area contributed by atoms with Crippen LogP contribution in [0.3, 0.4) is 0 Å². The molecule has 146 valence electrons. The Hall–Kier alpha value is -2.92. The highest BCUT2D eigenvalue weighted by Gasteiger charge is 2.26. The quantitative estimate of drug-likeness (QED) is 0.477. The zero-order valence-corrected chi connectivity index (χ0v) is 15.5. The molecule has 1 aromatic rings. The molecule has 2 N–H and O–H groups in total. The molecule has 1 aliphatic heterocycles. The number of ether oxygens (including phenoxy) is 2. The number of urea groups is 1. The van der Waals surface area contributed by atoms with Gasteiger partial charge in [0.1, 0.15) is 10.6 Å². The number of carbonyl (C=O) groups excluding carboxylic acids is 3. The van der Waals surface area contributed by atoms with Gasteiger partial charge in [-0.1, -0.05) is 6.07 Å². The van der Waals surface area contributed by atoms with Gasteiger partial charge < -0.3 is 14.8 Å². The molecule has 0 aliphatic carbocycles. The molecule has 0 bridgehead atoms. The Morgan fingerprint density at radius 3 is 2.70 bits per heavy atom. The summed E-state index contributed by atoms with van der Waals surface area (Å²) in [6, 6.07) is 3.80. The first-order chi connectivity index (χ1) is 12.8. The monoisotopic (exact) mass is 397 g/mol. The minimum atomic E-state index is -3.75. The summed E-state index contributed by atoms with van der Waals surface area (Å²) in [7, 11) is -1.14. The summed E-state index contributed by atoms with van der Waals surface area (Å²) in [6.45, 7) is 0.00591. The number of hydrogen-bond acceptors (Lipinski definition) is 7. The van der Waals surface area contributed by atoms with Crippen LogP contribution in [0.5, 0.6) is 5.75 Å². The van der Waals surface area contributed by atoms with Gasteiger partial charge in [0.15, 0.2) is 6.61 Å². The predicted molar refractivity (Wildman–Crippen MR) is 94.3 cm³/mol. The van der Waals surface area contributed by atoms with E-state index < -0.39 is 34.5 Å². The topological polar surface area (TPSA) is 131 Å². The summed E-state index contributed by atoms with van der Waals surface area (Å²) in [6.07, 6.45) is 2.39. The maximum absolute atomic E-state index is 12.0. The van der Waals surface area contributed by atoms with Crippen LogP contribution >= 0.6 is 0 Å². The van der Waals surface area contributed by atoms with Crippen molar-refractivity contribution in [3.05, 3.63) is 29.8 Å². The fourth-order valence-corrected chi connectivity index (χ4v) is 3.18. The van der Waals surface area contributed by atoms with E-state index in [0.717, 1.165) is 11.0 Å². The van der Waals surface area contributed by atoms with E-state index in [1.165, 1.54) is 32.4 Å². The largest absolute Gasteiger partial charge is 0.495 e. The third-order valence-electron chi connectivity index (χ3n) is 3.65. The fraction of sp³-hybridized carbons (Fsp3) is 0.312. The van der Waals surface area contributed by atoms with Crippen molar-refractivity contribution < 1.29 is 32.3 Å². The molecule has 1 heterocycles. The summed E-state index contributed by atoms with van der Waals surface area (Å²) >= 11 is 0. The first-order valence-electron chi connectivity index (χ1n) is 7.83. The second kappa shape index (κ2) is 8.64. The van der Waals surface area contributed by atoms with Crippen molar-refractivity contribution in [3.8, 4) is 5.75 Å². The van der Waals surface area contributed by atoms with Crippen LogP contribution in [-0.4, -0.2) is 65.1 Å². The Labute approximate surface area is 156 Å². The summed E-state index contributed by atoms with van der Waals surface area (Å²) < 4.78 is 36.1. The predicted octanol–water partition coefficient (Wildman–Crippen LogP) is -0.288. The number of sulfonamides is 1. The Morgan fingerprint density at radius 2 is 2.11 bits per heavy atom. The van der Waals surface area contributed by atoms with Crippen molar-refractivity contribution in [1.29, 1.82) is 0 Å². The van der Waals surface area contributed by atoms with E-state index in [4.69, 9.17) is 9.47 Å². The van der Waals surface area contributed by atoms with Crippen LogP contribution < -0.4 is 14.8 Å². The number of benzene rings is 1. The molecule has 1 aliphatic rings. The molecule has 1 aromatic carbocycles. The maximum Gasteiger partial charge on any atom is 0.331 e. The van der Waals surface area contributed by atoms with Gasteiger partial charge in [-0.25, -0.2) is 22.7 Å². The molecule has 0 radical (unpaired) electrons. The molecule has 1 saturated heterocycles. The SMILES string of the molecule is CNS(=O)(=O)c1cc(/C=C/C(=O)OCC(=O)N2CCNC2=O)ccc1OC. The third-order valence-corrected chi connectivity index (χ3v) is 5.09. The summed E-state index contributed by atoms with van der Waals surface area (Å²) in [5.74, 6) is -1.28. The highest BCUT2D eigenvalue weighted by atomic mass is 32.2. The average molecular weight is 397 g/mol. The van der Waals surface area contributed by atoms with Crippen LogP contribution in [0.1, 0.15) is 5.56 Å². The van der Waals surface area contributed by atoms with Crippen LogP contribution in [0.2, 0.25) is 0 Å². The first-order valence-corrected chi connectivity index (χ1v) is 9.31. The third kappa shape index (κ3) is 5.05. The highest BCUT2D eigenvalue weighted by Crippen LogP contribution is 2.25. The molecule has 10 nitrogen and oxygen atoms in total. The molecule has 0 aromatic heterocycles. The van der Waals surface area contributed by atoms with Crippen LogP contribution in [0.4, 0.5) is 4.79 Å². The van der Waals surface area contributed by atoms with Gasteiger partial charge in [-0.05, 0) is 30.8 Å². The molecule has 27 heavy (non-hydrogen) atoms. The van der Waals surface area contributed by atoms with Gasteiger partial charge in [-0.2, -0.15) is 0 Å². The van der Waals surface area contributed by atoms with Crippen LogP contribution in [0.15, 0.2) is 29.2 Å². The van der Waals surface area contributed by atoms with E-state index in [1.807, 2.05) is 0 Å². The van der Waals surface area contributed by atoms with Crippen molar-refractivity contribution in [1.82, 2.24) is 14.9 Å². The molecule has 0 saturated carbocycles. The first kappa shape index (κ1) is 20.4. The number of esters is 1. The lowest BCUT2D eigenvalue weighted by Crippen LogP contribution is -2.37. The molecule has 11 heteroatoms. The van der Waals surface area contributed by atoms with Crippen LogP contribution in [0, 0.1) is 0 Å². The highest BCUT2D eigenvalue weighted by molar-refractivity contribution is 7.89. The van der Waals surface area contributed by atoms with E-state index in [2.05, 4.69) is 10.0 Å². The number of amides is 3. The van der Waals surface area contributed by atoms with E-state index in [9.17, 15) is 22.8 Å². The number of imide groups is 1. The van der Waals surface area contributed by atoms with Crippen molar-refractivity contribution in [2.45, 2.75) is 4.90 Å². The van der Waals surface area contributed by atoms with Gasteiger partial charge in [-0.3, -0.25) is 9.69 Å². The minimum absolute atomic E-state index is 0.0850. The summed E-state index contributed by atoms with van der Waals surface area (Å²) in [4.78, 5) is 35.7. The molecule has 2 rings (SSSR count). The van der Waals surface area contributed by atoms with Gasteiger partial charge in [0.25, 0.3) is 5.91 Å².